The number of nitrogens with two attached hydrogens (primary N) is 1. The largest absolute Gasteiger partial charge is 0.399 e. The Morgan fingerprint density at radius 2 is 1.71 bits per heavy atom. The molecule has 8 nitrogen and oxygen atoms in total. The zero-order valence-electron chi connectivity index (χ0n) is 12.4. The summed E-state index contributed by atoms with van der Waals surface area (Å²) in [6.07, 6.45) is 1.27. The first-order chi connectivity index (χ1) is 11.5. The van der Waals surface area contributed by atoms with Crippen LogP contribution in [0, 0.1) is 21.4 Å². The number of carbonyl (C=O) groups is 1. The third kappa shape index (κ3) is 4.32. The minimum Gasteiger partial charge on any atom is -0.399 e. The SMILES string of the molecule is N#C/C(=C/Nc1ccc(N)cc1)C(=O)Nc1ccc([N+](=O)[O-])cc1. The van der Waals surface area contributed by atoms with E-state index in [0.717, 1.165) is 0 Å². The predicted molar refractivity (Wildman–Crippen MR) is 89.9 cm³/mol. The second kappa shape index (κ2) is 7.42. The van der Waals surface area contributed by atoms with Gasteiger partial charge < -0.3 is 16.4 Å². The van der Waals surface area contributed by atoms with Gasteiger partial charge in [-0.05, 0) is 36.4 Å². The lowest BCUT2D eigenvalue weighted by Crippen LogP contribution is -2.14. The highest BCUT2D eigenvalue weighted by molar-refractivity contribution is 6.06. The molecule has 4 N–H and O–H groups in total. The summed E-state index contributed by atoms with van der Waals surface area (Å²) < 4.78 is 0. The minimum atomic E-state index is -0.630. The molecule has 2 aromatic carbocycles. The van der Waals surface area contributed by atoms with Crippen LogP contribution in [0.15, 0.2) is 60.3 Å². The first-order valence-electron chi connectivity index (χ1n) is 6.78. The van der Waals surface area contributed by atoms with Gasteiger partial charge in [0, 0.05) is 35.4 Å². The number of carbonyl (C=O) groups excluding carboxylic acids is 1. The summed E-state index contributed by atoms with van der Waals surface area (Å²) in [5.41, 5.74) is 6.95. The van der Waals surface area contributed by atoms with E-state index >= 15 is 0 Å². The van der Waals surface area contributed by atoms with E-state index in [0.29, 0.717) is 17.1 Å². The molecule has 0 bridgehead atoms. The fourth-order valence-electron chi connectivity index (χ4n) is 1.75. The number of non-ortho nitro benzene ring substituents is 1. The molecule has 0 atom stereocenters. The Labute approximate surface area is 137 Å². The maximum atomic E-state index is 12.0. The topological polar surface area (TPSA) is 134 Å². The van der Waals surface area contributed by atoms with E-state index < -0.39 is 10.8 Å². The van der Waals surface area contributed by atoms with Crippen molar-refractivity contribution in [1.82, 2.24) is 0 Å². The van der Waals surface area contributed by atoms with Crippen LogP contribution < -0.4 is 16.4 Å². The van der Waals surface area contributed by atoms with E-state index in [1.165, 1.54) is 30.5 Å². The highest BCUT2D eigenvalue weighted by Crippen LogP contribution is 2.16. The van der Waals surface area contributed by atoms with E-state index in [-0.39, 0.29) is 11.3 Å². The summed E-state index contributed by atoms with van der Waals surface area (Å²) in [5.74, 6) is -0.630. The van der Waals surface area contributed by atoms with Crippen LogP contribution in [-0.2, 0) is 4.79 Å². The van der Waals surface area contributed by atoms with Crippen LogP contribution in [0.25, 0.3) is 0 Å². The number of nitrogens with zero attached hydrogens (tertiary/aromatic N) is 2. The fourth-order valence-corrected chi connectivity index (χ4v) is 1.75. The van der Waals surface area contributed by atoms with E-state index in [1.807, 2.05) is 0 Å². The van der Waals surface area contributed by atoms with Gasteiger partial charge in [-0.25, -0.2) is 0 Å². The molecule has 0 aliphatic carbocycles. The molecule has 0 fully saturated rings. The van der Waals surface area contributed by atoms with Crippen molar-refractivity contribution < 1.29 is 9.72 Å². The molecule has 24 heavy (non-hydrogen) atoms. The number of nitrogens with one attached hydrogen (secondary N) is 2. The number of nitro benzene ring substituents is 1. The lowest BCUT2D eigenvalue weighted by molar-refractivity contribution is -0.384. The molecule has 0 radical (unpaired) electrons. The monoisotopic (exact) mass is 323 g/mol. The molecule has 0 unspecified atom stereocenters. The Balaban J connectivity index is 2.05. The molecule has 8 heteroatoms. The zero-order chi connectivity index (χ0) is 17.5. The van der Waals surface area contributed by atoms with E-state index in [9.17, 15) is 14.9 Å². The van der Waals surface area contributed by atoms with Gasteiger partial charge >= 0.3 is 0 Å². The zero-order valence-corrected chi connectivity index (χ0v) is 12.4. The van der Waals surface area contributed by atoms with Crippen LogP contribution >= 0.6 is 0 Å². The molecule has 0 heterocycles. The standard InChI is InChI=1S/C16H13N5O3/c17-9-11(10-19-13-3-1-12(18)2-4-13)16(22)20-14-5-7-15(8-6-14)21(23)24/h1-8,10,19H,18H2,(H,20,22)/b11-10-. The number of amides is 1. The van der Waals surface area contributed by atoms with Gasteiger partial charge in [-0.3, -0.25) is 14.9 Å². The summed E-state index contributed by atoms with van der Waals surface area (Å²) in [6, 6.07) is 13.9. The first-order valence-corrected chi connectivity index (χ1v) is 6.78. The molecule has 0 aliphatic rings. The molecule has 0 aliphatic heterocycles. The van der Waals surface area contributed by atoms with Crippen LogP contribution in [0.4, 0.5) is 22.7 Å². The van der Waals surface area contributed by atoms with Gasteiger partial charge in [-0.2, -0.15) is 5.26 Å². The number of hydrogen-bond donors (Lipinski definition) is 3. The number of rotatable bonds is 5. The minimum absolute atomic E-state index is 0.0888. The van der Waals surface area contributed by atoms with Crippen LogP contribution in [0.3, 0.4) is 0 Å². The van der Waals surface area contributed by atoms with Crippen LogP contribution in [0.1, 0.15) is 0 Å². The summed E-state index contributed by atoms with van der Waals surface area (Å²) in [4.78, 5) is 22.1. The second-order valence-electron chi connectivity index (χ2n) is 4.69. The van der Waals surface area contributed by atoms with Crippen LogP contribution in [0.2, 0.25) is 0 Å². The lowest BCUT2D eigenvalue weighted by Gasteiger charge is -2.05. The van der Waals surface area contributed by atoms with Gasteiger partial charge in [0.15, 0.2) is 0 Å². The Hall–Kier alpha value is -3.86. The van der Waals surface area contributed by atoms with E-state index in [4.69, 9.17) is 11.0 Å². The number of nitriles is 1. The maximum Gasteiger partial charge on any atom is 0.269 e. The highest BCUT2D eigenvalue weighted by atomic mass is 16.6. The molecule has 0 saturated heterocycles. The van der Waals surface area contributed by atoms with Crippen molar-refractivity contribution in [2.24, 2.45) is 0 Å². The van der Waals surface area contributed by atoms with Crippen molar-refractivity contribution in [1.29, 1.82) is 5.26 Å². The van der Waals surface area contributed by atoms with Gasteiger partial charge in [0.1, 0.15) is 11.6 Å². The Morgan fingerprint density at radius 3 is 2.25 bits per heavy atom. The van der Waals surface area contributed by atoms with Gasteiger partial charge in [0.2, 0.25) is 0 Å². The summed E-state index contributed by atoms with van der Waals surface area (Å²) in [6.45, 7) is 0. The van der Waals surface area contributed by atoms with Gasteiger partial charge in [-0.15, -0.1) is 0 Å². The average Bonchev–Trinajstić information content (AvgIpc) is 2.57. The Kier molecular flexibility index (Phi) is 5.10. The molecule has 2 aromatic rings. The third-order valence-corrected chi connectivity index (χ3v) is 2.99. The number of hydrogen-bond acceptors (Lipinski definition) is 6. The summed E-state index contributed by atoms with van der Waals surface area (Å²) in [5, 5.41) is 25.0. The second-order valence-corrected chi connectivity index (χ2v) is 4.69. The number of benzene rings is 2. The maximum absolute atomic E-state index is 12.0. The smallest absolute Gasteiger partial charge is 0.269 e. The quantitative estimate of drug-likeness (QED) is 0.254. The molecule has 0 aromatic heterocycles. The van der Waals surface area contributed by atoms with Crippen molar-refractivity contribution in [3.8, 4) is 6.07 Å². The van der Waals surface area contributed by atoms with Gasteiger partial charge in [0.05, 0.1) is 4.92 Å². The molecular weight excluding hydrogens is 310 g/mol. The lowest BCUT2D eigenvalue weighted by atomic mass is 10.2. The van der Waals surface area contributed by atoms with Crippen molar-refractivity contribution >= 4 is 28.7 Å². The number of nitro groups is 1. The predicted octanol–water partition coefficient (Wildman–Crippen LogP) is 2.64. The van der Waals surface area contributed by atoms with Crippen LogP contribution in [0.5, 0.6) is 0 Å². The molecule has 2 rings (SSSR count). The molecular formula is C16H13N5O3. The number of anilines is 3. The number of nitrogen functional groups attached to an aromatic ring is 1. The van der Waals surface area contributed by atoms with Crippen LogP contribution in [-0.4, -0.2) is 10.8 Å². The van der Waals surface area contributed by atoms with Gasteiger partial charge in [0.25, 0.3) is 11.6 Å². The molecule has 120 valence electrons. The van der Waals surface area contributed by atoms with E-state index in [1.54, 1.807) is 30.3 Å². The Bertz CT molecular complexity index is 820. The molecule has 1 amide bonds. The van der Waals surface area contributed by atoms with Gasteiger partial charge in [-0.1, -0.05) is 0 Å². The van der Waals surface area contributed by atoms with Crippen molar-refractivity contribution in [2.75, 3.05) is 16.4 Å². The normalized spacial score (nSPS) is 10.5. The highest BCUT2D eigenvalue weighted by Gasteiger charge is 2.10. The fraction of sp³-hybridized carbons (Fsp3) is 0. The molecule has 0 saturated carbocycles. The summed E-state index contributed by atoms with van der Waals surface area (Å²) in [7, 11) is 0. The molecule has 0 spiro atoms. The Morgan fingerprint density at radius 1 is 1.12 bits per heavy atom. The average molecular weight is 323 g/mol. The van der Waals surface area contributed by atoms with Crippen molar-refractivity contribution in [2.45, 2.75) is 0 Å². The van der Waals surface area contributed by atoms with E-state index in [2.05, 4.69) is 10.6 Å². The third-order valence-electron chi connectivity index (χ3n) is 2.99. The summed E-state index contributed by atoms with van der Waals surface area (Å²) >= 11 is 0. The first kappa shape index (κ1) is 16.5. The van der Waals surface area contributed by atoms with Crippen molar-refractivity contribution in [3.63, 3.8) is 0 Å². The van der Waals surface area contributed by atoms with Crippen molar-refractivity contribution in [3.05, 3.63) is 70.4 Å².